The van der Waals surface area contributed by atoms with Crippen LogP contribution in [0.3, 0.4) is 0 Å². The number of carbonyl (C=O) groups is 1. The number of nitro benzene ring substituents is 1. The molecule has 0 aliphatic carbocycles. The molecule has 0 spiro atoms. The van der Waals surface area contributed by atoms with Crippen LogP contribution >= 0.6 is 0 Å². The fraction of sp³-hybridized carbons (Fsp3) is 0.588. The number of methoxy groups -OCH3 is 1. The summed E-state index contributed by atoms with van der Waals surface area (Å²) in [4.78, 5) is 24.1. The minimum absolute atomic E-state index is 0.0453. The Morgan fingerprint density at radius 3 is 2.65 bits per heavy atom. The zero-order chi connectivity index (χ0) is 19.5. The molecule has 1 fully saturated rings. The maximum Gasteiger partial charge on any atom is 0.410 e. The van der Waals surface area contributed by atoms with Gasteiger partial charge in [0, 0.05) is 19.6 Å². The highest BCUT2D eigenvalue weighted by molar-refractivity contribution is 5.69. The largest absolute Gasteiger partial charge is 0.488 e. The van der Waals surface area contributed by atoms with Gasteiger partial charge in [-0.25, -0.2) is 9.18 Å². The first-order valence-corrected chi connectivity index (χ1v) is 8.19. The van der Waals surface area contributed by atoms with E-state index in [0.29, 0.717) is 13.0 Å². The molecule has 1 saturated heterocycles. The summed E-state index contributed by atoms with van der Waals surface area (Å²) in [6.45, 7) is 5.82. The lowest BCUT2D eigenvalue weighted by Crippen LogP contribution is -2.42. The van der Waals surface area contributed by atoms with Crippen molar-refractivity contribution < 1.29 is 28.3 Å². The highest BCUT2D eigenvalue weighted by Gasteiger charge is 2.38. The lowest BCUT2D eigenvalue weighted by Gasteiger charge is -2.28. The van der Waals surface area contributed by atoms with E-state index in [1.807, 2.05) is 0 Å². The summed E-state index contributed by atoms with van der Waals surface area (Å²) in [6.07, 6.45) is -0.503. The van der Waals surface area contributed by atoms with Crippen LogP contribution in [0.2, 0.25) is 0 Å². The summed E-state index contributed by atoms with van der Waals surface area (Å²) in [5, 5.41) is 10.9. The van der Waals surface area contributed by atoms with E-state index in [1.165, 1.54) is 12.0 Å². The number of nitro groups is 1. The maximum absolute atomic E-state index is 13.6. The first kappa shape index (κ1) is 19.9. The molecule has 1 aliphatic heterocycles. The van der Waals surface area contributed by atoms with Crippen molar-refractivity contribution in [3.63, 3.8) is 0 Å². The van der Waals surface area contributed by atoms with Gasteiger partial charge in [-0.3, -0.25) is 15.0 Å². The molecule has 26 heavy (non-hydrogen) atoms. The second kappa shape index (κ2) is 7.86. The van der Waals surface area contributed by atoms with Gasteiger partial charge in [0.2, 0.25) is 0 Å². The number of likely N-dealkylation sites (tertiary alicyclic amines) is 1. The quantitative estimate of drug-likeness (QED) is 0.584. The van der Waals surface area contributed by atoms with Crippen molar-refractivity contribution in [3.05, 3.63) is 34.1 Å². The maximum atomic E-state index is 13.6. The summed E-state index contributed by atoms with van der Waals surface area (Å²) in [6, 6.07) is 2.80. The lowest BCUT2D eigenvalue weighted by atomic mass is 10.2. The van der Waals surface area contributed by atoms with Gasteiger partial charge in [-0.1, -0.05) is 0 Å². The molecule has 0 bridgehead atoms. The normalized spacial score (nSPS) is 20.1. The van der Waals surface area contributed by atoms with Crippen molar-refractivity contribution in [1.29, 1.82) is 0 Å². The minimum Gasteiger partial charge on any atom is -0.488 e. The molecule has 9 heteroatoms. The number of halogens is 1. The van der Waals surface area contributed by atoms with Gasteiger partial charge in [-0.05, 0) is 20.8 Å². The average Bonchev–Trinajstić information content (AvgIpc) is 2.88. The highest BCUT2D eigenvalue weighted by Crippen LogP contribution is 2.28. The summed E-state index contributed by atoms with van der Waals surface area (Å²) in [7, 11) is 1.53. The fourth-order valence-electron chi connectivity index (χ4n) is 2.77. The van der Waals surface area contributed by atoms with E-state index in [9.17, 15) is 19.3 Å². The molecule has 144 valence electrons. The van der Waals surface area contributed by atoms with E-state index in [2.05, 4.69) is 0 Å². The third-order valence-corrected chi connectivity index (χ3v) is 3.73. The topological polar surface area (TPSA) is 91.1 Å². The second-order valence-corrected chi connectivity index (χ2v) is 7.12. The highest BCUT2D eigenvalue weighted by atomic mass is 19.1. The molecule has 1 heterocycles. The number of hydrogen-bond donors (Lipinski definition) is 0. The van der Waals surface area contributed by atoms with Crippen LogP contribution in [0.1, 0.15) is 27.2 Å². The number of ether oxygens (including phenoxy) is 3. The number of carbonyl (C=O) groups excluding carboxylic acids is 1. The van der Waals surface area contributed by atoms with E-state index < -0.39 is 34.2 Å². The summed E-state index contributed by atoms with van der Waals surface area (Å²) in [5.74, 6) is -0.714. The number of benzene rings is 1. The van der Waals surface area contributed by atoms with Crippen LogP contribution in [0.25, 0.3) is 0 Å². The van der Waals surface area contributed by atoms with Gasteiger partial charge in [-0.15, -0.1) is 0 Å². The van der Waals surface area contributed by atoms with Crippen LogP contribution in [0, 0.1) is 15.9 Å². The van der Waals surface area contributed by atoms with Crippen LogP contribution in [0.4, 0.5) is 14.9 Å². The van der Waals surface area contributed by atoms with Gasteiger partial charge in [0.15, 0.2) is 0 Å². The van der Waals surface area contributed by atoms with Crippen LogP contribution in [0.5, 0.6) is 5.75 Å². The van der Waals surface area contributed by atoms with Gasteiger partial charge in [0.1, 0.15) is 23.3 Å². The van der Waals surface area contributed by atoms with E-state index >= 15 is 0 Å². The Morgan fingerprint density at radius 2 is 2.08 bits per heavy atom. The van der Waals surface area contributed by atoms with Crippen LogP contribution < -0.4 is 4.74 Å². The van der Waals surface area contributed by atoms with E-state index in [0.717, 1.165) is 18.2 Å². The Hall–Kier alpha value is -2.42. The van der Waals surface area contributed by atoms with E-state index in [4.69, 9.17) is 14.2 Å². The van der Waals surface area contributed by atoms with Crippen molar-refractivity contribution in [1.82, 2.24) is 4.90 Å². The van der Waals surface area contributed by atoms with E-state index in [-0.39, 0.29) is 18.3 Å². The van der Waals surface area contributed by atoms with Crippen molar-refractivity contribution in [2.75, 3.05) is 20.3 Å². The summed E-state index contributed by atoms with van der Waals surface area (Å²) < 4.78 is 29.8. The average molecular weight is 370 g/mol. The Kier molecular flexibility index (Phi) is 6.01. The number of amides is 1. The van der Waals surface area contributed by atoms with Crippen LogP contribution in [0.15, 0.2) is 18.2 Å². The molecule has 1 amide bonds. The number of nitrogens with zero attached hydrogens (tertiary/aromatic N) is 2. The molecule has 2 atom stereocenters. The van der Waals surface area contributed by atoms with Crippen LogP contribution in [-0.2, 0) is 9.47 Å². The molecule has 0 unspecified atom stereocenters. The monoisotopic (exact) mass is 370 g/mol. The summed E-state index contributed by atoms with van der Waals surface area (Å²) >= 11 is 0. The number of non-ortho nitro benzene ring substituents is 1. The molecule has 1 aliphatic rings. The Balaban J connectivity index is 2.12. The first-order valence-electron chi connectivity index (χ1n) is 8.19. The van der Waals surface area contributed by atoms with Gasteiger partial charge < -0.3 is 14.2 Å². The predicted octanol–water partition coefficient (Wildman–Crippen LogP) is 3.14. The molecule has 1 aromatic rings. The Morgan fingerprint density at radius 1 is 1.38 bits per heavy atom. The lowest BCUT2D eigenvalue weighted by molar-refractivity contribution is -0.385. The van der Waals surface area contributed by atoms with Crippen molar-refractivity contribution in [3.8, 4) is 5.75 Å². The zero-order valence-corrected chi connectivity index (χ0v) is 15.2. The SMILES string of the molecule is COC[C@H]1C[C@@H](Oc2cc(F)cc([N+](=O)[O-])c2)CN1C(=O)OC(C)(C)C. The van der Waals surface area contributed by atoms with Crippen LogP contribution in [-0.4, -0.2) is 53.9 Å². The molecular weight excluding hydrogens is 347 g/mol. The van der Waals surface area contributed by atoms with Crippen molar-refractivity contribution in [2.45, 2.75) is 44.9 Å². The molecular formula is C17H23FN2O6. The Labute approximate surface area is 151 Å². The second-order valence-electron chi connectivity index (χ2n) is 7.12. The van der Waals surface area contributed by atoms with Gasteiger partial charge in [-0.2, -0.15) is 0 Å². The third kappa shape index (κ3) is 5.29. The molecule has 0 aromatic heterocycles. The summed E-state index contributed by atoms with van der Waals surface area (Å²) in [5.41, 5.74) is -1.04. The number of hydrogen-bond acceptors (Lipinski definition) is 6. The smallest absolute Gasteiger partial charge is 0.410 e. The van der Waals surface area contributed by atoms with Crippen molar-refractivity contribution in [2.24, 2.45) is 0 Å². The molecule has 0 N–H and O–H groups in total. The first-order chi connectivity index (χ1) is 12.1. The van der Waals surface area contributed by atoms with Gasteiger partial charge in [0.05, 0.1) is 36.2 Å². The standard InChI is InChI=1S/C17H23FN2O6/c1-17(2,3)26-16(21)19-9-15(8-13(19)10-24-4)25-14-6-11(18)5-12(7-14)20(22)23/h5-7,13,15H,8-10H2,1-4H3/t13-,15-/m1/s1. The van der Waals surface area contributed by atoms with E-state index in [1.54, 1.807) is 20.8 Å². The van der Waals surface area contributed by atoms with Crippen molar-refractivity contribution >= 4 is 11.8 Å². The molecule has 2 rings (SSSR count). The van der Waals surface area contributed by atoms with Gasteiger partial charge >= 0.3 is 6.09 Å². The fourth-order valence-corrected chi connectivity index (χ4v) is 2.77. The Bertz CT molecular complexity index is 676. The molecule has 0 radical (unpaired) electrons. The minimum atomic E-state index is -0.760. The van der Waals surface area contributed by atoms with Gasteiger partial charge in [0.25, 0.3) is 5.69 Å². The third-order valence-electron chi connectivity index (χ3n) is 3.73. The predicted molar refractivity (Wildman–Crippen MR) is 90.7 cm³/mol. The molecule has 8 nitrogen and oxygen atoms in total. The molecule has 0 saturated carbocycles. The molecule has 1 aromatic carbocycles. The zero-order valence-electron chi connectivity index (χ0n) is 15.2. The number of rotatable bonds is 5.